The molecule has 0 saturated heterocycles. The van der Waals surface area contributed by atoms with Crippen molar-refractivity contribution in [2.24, 2.45) is 33.5 Å². The van der Waals surface area contributed by atoms with Crippen molar-refractivity contribution >= 4 is 0 Å². The Kier molecular flexibility index (Phi) is 0.967. The third-order valence-electron chi connectivity index (χ3n) is 7.26. The molecule has 0 aromatic heterocycles. The van der Waals surface area contributed by atoms with Gasteiger partial charge >= 0.3 is 0 Å². The van der Waals surface area contributed by atoms with E-state index in [-0.39, 0.29) is 0 Å². The molecule has 0 heterocycles. The summed E-state index contributed by atoms with van der Waals surface area (Å²) in [5, 5.41) is 0. The molecule has 0 spiro atoms. The second-order valence-corrected chi connectivity index (χ2v) is 7.25. The van der Waals surface area contributed by atoms with Gasteiger partial charge in [-0.25, -0.2) is 0 Å². The Bertz CT molecular complexity index is 294. The van der Waals surface area contributed by atoms with E-state index < -0.39 is 0 Å². The standard InChI is InChI=1S/C13H22/c1-10(2)9-8-7-12(10,5)11(3,4)13(8,9)6/h8-9H,7H2,1-6H3. The lowest BCUT2D eigenvalue weighted by Gasteiger charge is -2.44. The molecular weight excluding hydrogens is 156 g/mol. The van der Waals surface area contributed by atoms with Crippen LogP contribution in [0.5, 0.6) is 0 Å². The first-order valence-electron chi connectivity index (χ1n) is 5.71. The van der Waals surface area contributed by atoms with E-state index in [0.29, 0.717) is 21.7 Å². The van der Waals surface area contributed by atoms with Crippen LogP contribution in [0.15, 0.2) is 0 Å². The van der Waals surface area contributed by atoms with Crippen LogP contribution in [0.25, 0.3) is 0 Å². The van der Waals surface area contributed by atoms with Crippen molar-refractivity contribution in [1.82, 2.24) is 0 Å². The summed E-state index contributed by atoms with van der Waals surface area (Å²) in [5.74, 6) is 2.09. The van der Waals surface area contributed by atoms with E-state index in [4.69, 9.17) is 0 Å². The van der Waals surface area contributed by atoms with Crippen LogP contribution in [-0.2, 0) is 0 Å². The zero-order chi connectivity index (χ0) is 9.86. The Morgan fingerprint density at radius 3 is 1.54 bits per heavy atom. The van der Waals surface area contributed by atoms with Gasteiger partial charge in [-0.2, -0.15) is 0 Å². The monoisotopic (exact) mass is 178 g/mol. The van der Waals surface area contributed by atoms with Crippen LogP contribution in [0.1, 0.15) is 48.0 Å². The van der Waals surface area contributed by atoms with Crippen molar-refractivity contribution in [2.45, 2.75) is 48.0 Å². The highest BCUT2D eigenvalue weighted by atomic mass is 14.9. The van der Waals surface area contributed by atoms with Gasteiger partial charge in [0.1, 0.15) is 0 Å². The van der Waals surface area contributed by atoms with Gasteiger partial charge in [-0.05, 0) is 39.9 Å². The van der Waals surface area contributed by atoms with E-state index in [0.717, 1.165) is 11.8 Å². The summed E-state index contributed by atoms with van der Waals surface area (Å²) in [6.45, 7) is 15.1. The fourth-order valence-electron chi connectivity index (χ4n) is 5.74. The van der Waals surface area contributed by atoms with Gasteiger partial charge in [-0.3, -0.25) is 0 Å². The van der Waals surface area contributed by atoms with E-state index in [1.165, 1.54) is 6.42 Å². The molecule has 4 atom stereocenters. The zero-order valence-electron chi connectivity index (χ0n) is 9.86. The van der Waals surface area contributed by atoms with Crippen LogP contribution in [0.2, 0.25) is 0 Å². The highest BCUT2D eigenvalue weighted by Crippen LogP contribution is 2.95. The average Bonchev–Trinajstić information content (AvgIpc) is 2.40. The Morgan fingerprint density at radius 2 is 1.46 bits per heavy atom. The summed E-state index contributed by atoms with van der Waals surface area (Å²) in [7, 11) is 0. The van der Waals surface area contributed by atoms with Gasteiger partial charge in [0.2, 0.25) is 0 Å². The Balaban J connectivity index is 2.26. The molecule has 74 valence electrons. The minimum Gasteiger partial charge on any atom is -0.0591 e. The largest absolute Gasteiger partial charge is 0.0591 e. The van der Waals surface area contributed by atoms with Crippen molar-refractivity contribution in [3.05, 3.63) is 0 Å². The van der Waals surface area contributed by atoms with Crippen molar-refractivity contribution in [3.8, 4) is 0 Å². The molecule has 4 aliphatic rings. The van der Waals surface area contributed by atoms with Crippen LogP contribution in [0.4, 0.5) is 0 Å². The summed E-state index contributed by atoms with van der Waals surface area (Å²) in [4.78, 5) is 0. The summed E-state index contributed by atoms with van der Waals surface area (Å²) < 4.78 is 0. The first-order valence-corrected chi connectivity index (χ1v) is 5.71. The molecular formula is C13H22. The van der Waals surface area contributed by atoms with Crippen molar-refractivity contribution in [3.63, 3.8) is 0 Å². The minimum atomic E-state index is 0.568. The molecule has 0 aliphatic heterocycles. The van der Waals surface area contributed by atoms with Gasteiger partial charge in [-0.15, -0.1) is 0 Å². The van der Waals surface area contributed by atoms with E-state index in [9.17, 15) is 0 Å². The second-order valence-electron chi connectivity index (χ2n) is 7.25. The maximum absolute atomic E-state index is 2.54. The van der Waals surface area contributed by atoms with Gasteiger partial charge in [-0.1, -0.05) is 41.5 Å². The van der Waals surface area contributed by atoms with Crippen LogP contribution in [0.3, 0.4) is 0 Å². The van der Waals surface area contributed by atoms with E-state index >= 15 is 0 Å². The molecule has 4 fully saturated rings. The molecule has 13 heavy (non-hydrogen) atoms. The Hall–Kier alpha value is 0. The highest BCUT2D eigenvalue weighted by molar-refractivity contribution is 5.37. The van der Waals surface area contributed by atoms with Crippen LogP contribution >= 0.6 is 0 Å². The van der Waals surface area contributed by atoms with Crippen LogP contribution < -0.4 is 0 Å². The Morgan fingerprint density at radius 1 is 0.923 bits per heavy atom. The van der Waals surface area contributed by atoms with Gasteiger partial charge in [0.15, 0.2) is 0 Å². The van der Waals surface area contributed by atoms with Gasteiger partial charge in [0.05, 0.1) is 0 Å². The summed E-state index contributed by atoms with van der Waals surface area (Å²) in [6.07, 6.45) is 1.49. The van der Waals surface area contributed by atoms with Crippen LogP contribution in [-0.4, -0.2) is 0 Å². The molecule has 0 aromatic carbocycles. The van der Waals surface area contributed by atoms with E-state index in [1.54, 1.807) is 0 Å². The molecule has 0 radical (unpaired) electrons. The maximum Gasteiger partial charge on any atom is -0.0201 e. The molecule has 0 aromatic rings. The molecule has 4 unspecified atom stereocenters. The predicted molar refractivity (Wildman–Crippen MR) is 55.4 cm³/mol. The van der Waals surface area contributed by atoms with Crippen molar-refractivity contribution in [1.29, 1.82) is 0 Å². The van der Waals surface area contributed by atoms with Crippen molar-refractivity contribution < 1.29 is 0 Å². The van der Waals surface area contributed by atoms with E-state index in [1.807, 2.05) is 0 Å². The molecule has 0 N–H and O–H groups in total. The molecule has 0 amide bonds. The van der Waals surface area contributed by atoms with Crippen LogP contribution in [0, 0.1) is 33.5 Å². The molecule has 0 nitrogen and oxygen atoms in total. The first kappa shape index (κ1) is 8.32. The second kappa shape index (κ2) is 1.51. The van der Waals surface area contributed by atoms with Gasteiger partial charge < -0.3 is 0 Å². The molecule has 4 aliphatic carbocycles. The smallest absolute Gasteiger partial charge is 0.0201 e. The van der Waals surface area contributed by atoms with E-state index in [2.05, 4.69) is 41.5 Å². The average molecular weight is 178 g/mol. The molecule has 4 bridgehead atoms. The normalized spacial score (nSPS) is 64.2. The SMILES string of the molecule is CC1(C)C2C3CC1(C)C(C)(C)C32C. The fourth-order valence-corrected chi connectivity index (χ4v) is 5.74. The lowest BCUT2D eigenvalue weighted by Crippen LogP contribution is -2.38. The third-order valence-corrected chi connectivity index (χ3v) is 7.26. The Labute approximate surface area is 82.1 Å². The molecule has 4 rings (SSSR count). The summed E-state index contributed by atoms with van der Waals surface area (Å²) in [5.41, 5.74) is 2.45. The van der Waals surface area contributed by atoms with Gasteiger partial charge in [0.25, 0.3) is 0 Å². The lowest BCUT2D eigenvalue weighted by molar-refractivity contribution is 0.0368. The molecule has 4 saturated carbocycles. The number of rotatable bonds is 0. The first-order chi connectivity index (χ1) is 5.71. The number of hydrogen-bond acceptors (Lipinski definition) is 0. The van der Waals surface area contributed by atoms with Gasteiger partial charge in [0, 0.05) is 0 Å². The summed E-state index contributed by atoms with van der Waals surface area (Å²) in [6, 6.07) is 0. The highest BCUT2D eigenvalue weighted by Gasteiger charge is 2.90. The van der Waals surface area contributed by atoms with Crippen molar-refractivity contribution in [2.75, 3.05) is 0 Å². The topological polar surface area (TPSA) is 0 Å². The minimum absolute atomic E-state index is 0.568. The zero-order valence-corrected chi connectivity index (χ0v) is 9.86. The molecule has 0 heteroatoms. The summed E-state index contributed by atoms with van der Waals surface area (Å²) >= 11 is 0. The predicted octanol–water partition coefficient (Wildman–Crippen LogP) is 3.71. The third kappa shape index (κ3) is 0.444. The number of hydrogen-bond donors (Lipinski definition) is 0. The maximum atomic E-state index is 2.54. The quantitative estimate of drug-likeness (QED) is 0.530. The fraction of sp³-hybridized carbons (Fsp3) is 1.00. The lowest BCUT2D eigenvalue weighted by atomic mass is 9.60.